The van der Waals surface area contributed by atoms with Crippen LogP contribution >= 0.6 is 15.9 Å². The topological polar surface area (TPSA) is 44.5 Å². The highest BCUT2D eigenvalue weighted by Crippen LogP contribution is 2.27. The molecule has 0 amide bonds. The molecule has 2 N–H and O–H groups in total. The molecule has 0 aromatic heterocycles. The zero-order valence-corrected chi connectivity index (χ0v) is 13.9. The van der Waals surface area contributed by atoms with Gasteiger partial charge < -0.3 is 15.2 Å². The summed E-state index contributed by atoms with van der Waals surface area (Å²) in [7, 11) is 1.66. The summed E-state index contributed by atoms with van der Waals surface area (Å²) in [4.78, 5) is 0. The number of para-hydroxylation sites is 1. The number of hydrogen-bond acceptors (Lipinski definition) is 3. The molecule has 0 spiro atoms. The molecule has 3 nitrogen and oxygen atoms in total. The van der Waals surface area contributed by atoms with Crippen molar-refractivity contribution in [1.82, 2.24) is 0 Å². The second-order valence-electron chi connectivity index (χ2n) is 4.85. The molecular formula is C17H20BrNO2. The van der Waals surface area contributed by atoms with Crippen molar-refractivity contribution in [3.8, 4) is 11.5 Å². The maximum absolute atomic E-state index is 6.05. The molecule has 2 aromatic carbocycles. The Hall–Kier alpha value is -1.52. The smallest absolute Gasteiger partial charge is 0.125 e. The van der Waals surface area contributed by atoms with E-state index in [1.54, 1.807) is 7.11 Å². The van der Waals surface area contributed by atoms with E-state index in [4.69, 9.17) is 15.2 Å². The molecule has 0 bridgehead atoms. The van der Waals surface area contributed by atoms with Crippen molar-refractivity contribution in [3.05, 3.63) is 57.6 Å². The third-order valence-electron chi connectivity index (χ3n) is 3.33. The van der Waals surface area contributed by atoms with E-state index in [1.807, 2.05) is 24.3 Å². The summed E-state index contributed by atoms with van der Waals surface area (Å²) in [6.07, 6.45) is 0.816. The summed E-state index contributed by atoms with van der Waals surface area (Å²) in [5, 5.41) is 0. The Morgan fingerprint density at radius 3 is 2.67 bits per heavy atom. The van der Waals surface area contributed by atoms with E-state index >= 15 is 0 Å². The minimum atomic E-state index is 0.486. The van der Waals surface area contributed by atoms with Gasteiger partial charge in [0.25, 0.3) is 0 Å². The van der Waals surface area contributed by atoms with E-state index in [2.05, 4.69) is 35.0 Å². The monoisotopic (exact) mass is 349 g/mol. The molecule has 0 atom stereocenters. The van der Waals surface area contributed by atoms with Gasteiger partial charge in [-0.3, -0.25) is 0 Å². The molecule has 0 radical (unpaired) electrons. The van der Waals surface area contributed by atoms with Gasteiger partial charge in [0.2, 0.25) is 0 Å². The fraction of sp³-hybridized carbons (Fsp3) is 0.294. The van der Waals surface area contributed by atoms with Crippen LogP contribution in [0.4, 0.5) is 0 Å². The summed E-state index contributed by atoms with van der Waals surface area (Å²) < 4.78 is 12.3. The van der Waals surface area contributed by atoms with Crippen LogP contribution in [-0.2, 0) is 13.0 Å². The van der Waals surface area contributed by atoms with Crippen molar-refractivity contribution < 1.29 is 9.47 Å². The van der Waals surface area contributed by atoms with Crippen LogP contribution in [0.25, 0.3) is 0 Å². The molecule has 21 heavy (non-hydrogen) atoms. The van der Waals surface area contributed by atoms with Crippen molar-refractivity contribution in [1.29, 1.82) is 0 Å². The van der Waals surface area contributed by atoms with Crippen LogP contribution in [0.3, 0.4) is 0 Å². The molecule has 4 heteroatoms. The van der Waals surface area contributed by atoms with Gasteiger partial charge >= 0.3 is 0 Å². The predicted molar refractivity (Wildman–Crippen MR) is 89.0 cm³/mol. The van der Waals surface area contributed by atoms with E-state index in [9.17, 15) is 0 Å². The number of nitrogens with two attached hydrogens (primary N) is 1. The third-order valence-corrected chi connectivity index (χ3v) is 4.11. The average molecular weight is 350 g/mol. The summed E-state index contributed by atoms with van der Waals surface area (Å²) in [6.45, 7) is 3.15. The first kappa shape index (κ1) is 15.9. The Labute approximate surface area is 134 Å². The Kier molecular flexibility index (Phi) is 5.65. The van der Waals surface area contributed by atoms with Crippen molar-refractivity contribution in [2.24, 2.45) is 5.73 Å². The maximum Gasteiger partial charge on any atom is 0.125 e. The molecule has 0 saturated heterocycles. The molecule has 0 aliphatic rings. The lowest BCUT2D eigenvalue weighted by Crippen LogP contribution is -2.06. The number of halogens is 1. The fourth-order valence-corrected chi connectivity index (χ4v) is 2.57. The normalized spacial score (nSPS) is 10.5. The lowest BCUT2D eigenvalue weighted by atomic mass is 10.1. The van der Waals surface area contributed by atoms with Gasteiger partial charge in [-0.25, -0.2) is 0 Å². The number of ether oxygens (including phenoxy) is 2. The summed E-state index contributed by atoms with van der Waals surface area (Å²) in [5.41, 5.74) is 9.00. The van der Waals surface area contributed by atoms with E-state index in [0.29, 0.717) is 13.2 Å². The van der Waals surface area contributed by atoms with Gasteiger partial charge in [-0.1, -0.05) is 34.1 Å². The SMILES string of the molecule is COc1ccc(Br)c(COc2c(C)cccc2CCN)c1. The first-order valence-corrected chi connectivity index (χ1v) is 7.68. The number of rotatable bonds is 6. The lowest BCUT2D eigenvalue weighted by molar-refractivity contribution is 0.299. The number of hydrogen-bond donors (Lipinski definition) is 1. The molecule has 2 aromatic rings. The second-order valence-corrected chi connectivity index (χ2v) is 5.70. The quantitative estimate of drug-likeness (QED) is 0.861. The minimum absolute atomic E-state index is 0.486. The van der Waals surface area contributed by atoms with Crippen LogP contribution in [0, 0.1) is 6.92 Å². The highest BCUT2D eigenvalue weighted by molar-refractivity contribution is 9.10. The average Bonchev–Trinajstić information content (AvgIpc) is 2.48. The highest BCUT2D eigenvalue weighted by Gasteiger charge is 2.09. The number of aryl methyl sites for hydroxylation is 1. The zero-order valence-electron chi connectivity index (χ0n) is 12.4. The van der Waals surface area contributed by atoms with Crippen molar-refractivity contribution in [2.45, 2.75) is 20.0 Å². The Bertz CT molecular complexity index is 614. The van der Waals surface area contributed by atoms with Gasteiger partial charge in [0, 0.05) is 10.0 Å². The van der Waals surface area contributed by atoms with Gasteiger partial charge in [-0.2, -0.15) is 0 Å². The second kappa shape index (κ2) is 7.48. The first-order valence-electron chi connectivity index (χ1n) is 6.89. The Balaban J connectivity index is 2.20. The van der Waals surface area contributed by atoms with Crippen LogP contribution in [0.15, 0.2) is 40.9 Å². The Morgan fingerprint density at radius 2 is 1.95 bits per heavy atom. The molecule has 0 aliphatic carbocycles. The minimum Gasteiger partial charge on any atom is -0.497 e. The molecule has 2 rings (SSSR count). The van der Waals surface area contributed by atoms with Crippen LogP contribution < -0.4 is 15.2 Å². The fourth-order valence-electron chi connectivity index (χ4n) is 2.21. The standard InChI is InChI=1S/C17H20BrNO2/c1-12-4-3-5-13(8-9-19)17(12)21-11-14-10-15(20-2)6-7-16(14)18/h3-7,10H,8-9,11,19H2,1-2H3. The number of benzene rings is 2. The molecule has 0 heterocycles. The van der Waals surface area contributed by atoms with E-state index in [-0.39, 0.29) is 0 Å². The summed E-state index contributed by atoms with van der Waals surface area (Å²) in [5.74, 6) is 1.75. The molecule has 0 unspecified atom stereocenters. The highest BCUT2D eigenvalue weighted by atomic mass is 79.9. The van der Waals surface area contributed by atoms with Gasteiger partial charge in [-0.15, -0.1) is 0 Å². The third kappa shape index (κ3) is 3.99. The molecule has 112 valence electrons. The maximum atomic E-state index is 6.05. The van der Waals surface area contributed by atoms with Crippen LogP contribution in [-0.4, -0.2) is 13.7 Å². The van der Waals surface area contributed by atoms with E-state index in [1.165, 1.54) is 0 Å². The predicted octanol–water partition coefficient (Wildman–Crippen LogP) is 3.85. The molecule has 0 aliphatic heterocycles. The summed E-state index contributed by atoms with van der Waals surface area (Å²) in [6, 6.07) is 12.0. The molecular weight excluding hydrogens is 330 g/mol. The van der Waals surface area contributed by atoms with E-state index in [0.717, 1.165) is 39.1 Å². The number of methoxy groups -OCH3 is 1. The first-order chi connectivity index (χ1) is 10.2. The Morgan fingerprint density at radius 1 is 1.14 bits per heavy atom. The van der Waals surface area contributed by atoms with Crippen molar-refractivity contribution >= 4 is 15.9 Å². The largest absolute Gasteiger partial charge is 0.497 e. The van der Waals surface area contributed by atoms with Crippen molar-refractivity contribution in [3.63, 3.8) is 0 Å². The van der Waals surface area contributed by atoms with Gasteiger partial charge in [0.15, 0.2) is 0 Å². The molecule has 0 fully saturated rings. The van der Waals surface area contributed by atoms with Crippen molar-refractivity contribution in [2.75, 3.05) is 13.7 Å². The van der Waals surface area contributed by atoms with Crippen LogP contribution in [0.5, 0.6) is 11.5 Å². The van der Waals surface area contributed by atoms with E-state index < -0.39 is 0 Å². The zero-order chi connectivity index (χ0) is 15.2. The van der Waals surface area contributed by atoms with Crippen LogP contribution in [0.1, 0.15) is 16.7 Å². The van der Waals surface area contributed by atoms with Crippen LogP contribution in [0.2, 0.25) is 0 Å². The van der Waals surface area contributed by atoms with Gasteiger partial charge in [-0.05, 0) is 49.2 Å². The summed E-state index contributed by atoms with van der Waals surface area (Å²) >= 11 is 3.55. The lowest BCUT2D eigenvalue weighted by Gasteiger charge is -2.15. The molecule has 0 saturated carbocycles. The van der Waals surface area contributed by atoms with Gasteiger partial charge in [0.1, 0.15) is 18.1 Å². The van der Waals surface area contributed by atoms with Gasteiger partial charge in [0.05, 0.1) is 7.11 Å².